The molecule has 0 fully saturated rings. The van der Waals surface area contributed by atoms with E-state index >= 15 is 0 Å². The SMILES string of the molecule is CCOC(=O)CC(O)CNc1cc(Cl)ccc1Cl. The number of hydrogen-bond donors (Lipinski definition) is 2. The van der Waals surface area contributed by atoms with Gasteiger partial charge >= 0.3 is 5.97 Å². The minimum absolute atomic E-state index is 0.0565. The molecule has 0 saturated carbocycles. The summed E-state index contributed by atoms with van der Waals surface area (Å²) in [4.78, 5) is 11.1. The fourth-order valence-electron chi connectivity index (χ4n) is 1.35. The van der Waals surface area contributed by atoms with E-state index in [2.05, 4.69) is 5.32 Å². The van der Waals surface area contributed by atoms with Gasteiger partial charge in [0.05, 0.1) is 29.8 Å². The molecule has 1 rings (SSSR count). The van der Waals surface area contributed by atoms with E-state index in [0.29, 0.717) is 22.3 Å². The topological polar surface area (TPSA) is 58.6 Å². The van der Waals surface area contributed by atoms with Crippen molar-refractivity contribution in [2.45, 2.75) is 19.4 Å². The Labute approximate surface area is 116 Å². The van der Waals surface area contributed by atoms with Gasteiger partial charge in [0.25, 0.3) is 0 Å². The maximum atomic E-state index is 11.1. The van der Waals surface area contributed by atoms with Crippen LogP contribution in [0.5, 0.6) is 0 Å². The third-order valence-corrected chi connectivity index (χ3v) is 2.73. The first-order valence-electron chi connectivity index (χ1n) is 5.55. The maximum absolute atomic E-state index is 11.1. The first kappa shape index (κ1) is 15.1. The first-order valence-corrected chi connectivity index (χ1v) is 6.31. The van der Waals surface area contributed by atoms with Crippen LogP contribution < -0.4 is 5.32 Å². The maximum Gasteiger partial charge on any atom is 0.308 e. The van der Waals surface area contributed by atoms with Crippen molar-refractivity contribution in [3.63, 3.8) is 0 Å². The second kappa shape index (κ2) is 7.46. The number of aliphatic hydroxyl groups is 1. The summed E-state index contributed by atoms with van der Waals surface area (Å²) in [6.07, 6.45) is -0.891. The van der Waals surface area contributed by atoms with Crippen LogP contribution >= 0.6 is 23.2 Å². The number of benzene rings is 1. The molecule has 0 aliphatic rings. The van der Waals surface area contributed by atoms with Crippen LogP contribution in [0, 0.1) is 0 Å². The summed E-state index contributed by atoms with van der Waals surface area (Å²) in [5.41, 5.74) is 0.618. The molecule has 0 spiro atoms. The van der Waals surface area contributed by atoms with Crippen LogP contribution in [-0.4, -0.2) is 30.3 Å². The number of ether oxygens (including phenoxy) is 1. The van der Waals surface area contributed by atoms with Gasteiger partial charge in [0.2, 0.25) is 0 Å². The lowest BCUT2D eigenvalue weighted by molar-refractivity contribution is -0.145. The van der Waals surface area contributed by atoms with Crippen molar-refractivity contribution in [2.24, 2.45) is 0 Å². The molecule has 0 amide bonds. The number of rotatable bonds is 6. The fourth-order valence-corrected chi connectivity index (χ4v) is 1.70. The summed E-state index contributed by atoms with van der Waals surface area (Å²) >= 11 is 11.8. The second-order valence-electron chi connectivity index (χ2n) is 3.67. The number of carbonyl (C=O) groups excluding carboxylic acids is 1. The van der Waals surface area contributed by atoms with Crippen molar-refractivity contribution in [1.82, 2.24) is 0 Å². The van der Waals surface area contributed by atoms with Gasteiger partial charge in [0, 0.05) is 11.6 Å². The van der Waals surface area contributed by atoms with Crippen LogP contribution in [0.3, 0.4) is 0 Å². The molecule has 1 atom stereocenters. The van der Waals surface area contributed by atoms with Gasteiger partial charge in [0.1, 0.15) is 0 Å². The predicted octanol–water partition coefficient (Wildman–Crippen LogP) is 2.72. The highest BCUT2D eigenvalue weighted by Gasteiger charge is 2.12. The van der Waals surface area contributed by atoms with Gasteiger partial charge in [-0.15, -0.1) is 0 Å². The molecule has 2 N–H and O–H groups in total. The predicted molar refractivity (Wildman–Crippen MR) is 72.2 cm³/mol. The summed E-state index contributed by atoms with van der Waals surface area (Å²) in [6, 6.07) is 4.98. The Hall–Kier alpha value is -0.970. The van der Waals surface area contributed by atoms with Crippen molar-refractivity contribution >= 4 is 34.9 Å². The van der Waals surface area contributed by atoms with Gasteiger partial charge in [-0.05, 0) is 25.1 Å². The molecule has 100 valence electrons. The Kier molecular flexibility index (Phi) is 6.25. The molecule has 1 aromatic carbocycles. The van der Waals surface area contributed by atoms with Crippen molar-refractivity contribution in [2.75, 3.05) is 18.5 Å². The highest BCUT2D eigenvalue weighted by atomic mass is 35.5. The lowest BCUT2D eigenvalue weighted by Gasteiger charge is -2.13. The van der Waals surface area contributed by atoms with Crippen molar-refractivity contribution < 1.29 is 14.6 Å². The van der Waals surface area contributed by atoms with Crippen LogP contribution in [0.25, 0.3) is 0 Å². The molecule has 6 heteroatoms. The molecule has 0 radical (unpaired) electrons. The van der Waals surface area contributed by atoms with E-state index < -0.39 is 12.1 Å². The zero-order chi connectivity index (χ0) is 13.5. The molecule has 1 unspecified atom stereocenters. The van der Waals surface area contributed by atoms with E-state index in [1.807, 2.05) is 0 Å². The van der Waals surface area contributed by atoms with Gasteiger partial charge in [-0.25, -0.2) is 0 Å². The van der Waals surface area contributed by atoms with Crippen LogP contribution in [0.4, 0.5) is 5.69 Å². The Morgan fingerprint density at radius 1 is 1.50 bits per heavy atom. The highest BCUT2D eigenvalue weighted by molar-refractivity contribution is 6.35. The lowest BCUT2D eigenvalue weighted by atomic mass is 10.2. The van der Waals surface area contributed by atoms with Crippen LogP contribution in [0.2, 0.25) is 10.0 Å². The number of halogens is 2. The molecule has 0 heterocycles. The molecule has 1 aromatic rings. The van der Waals surface area contributed by atoms with E-state index in [9.17, 15) is 9.90 Å². The Balaban J connectivity index is 2.44. The smallest absolute Gasteiger partial charge is 0.308 e. The number of esters is 1. The van der Waals surface area contributed by atoms with E-state index in [4.69, 9.17) is 27.9 Å². The van der Waals surface area contributed by atoms with Gasteiger partial charge in [0.15, 0.2) is 0 Å². The summed E-state index contributed by atoms with van der Waals surface area (Å²) in [5, 5.41) is 13.6. The van der Waals surface area contributed by atoms with E-state index in [1.165, 1.54) is 0 Å². The average molecular weight is 292 g/mol. The van der Waals surface area contributed by atoms with E-state index in [0.717, 1.165) is 0 Å². The highest BCUT2D eigenvalue weighted by Crippen LogP contribution is 2.25. The monoisotopic (exact) mass is 291 g/mol. The van der Waals surface area contributed by atoms with Crippen LogP contribution in [0.15, 0.2) is 18.2 Å². The summed E-state index contributed by atoms with van der Waals surface area (Å²) < 4.78 is 4.73. The van der Waals surface area contributed by atoms with Crippen LogP contribution in [-0.2, 0) is 9.53 Å². The minimum atomic E-state index is -0.834. The van der Waals surface area contributed by atoms with Crippen molar-refractivity contribution in [3.8, 4) is 0 Å². The Morgan fingerprint density at radius 2 is 2.22 bits per heavy atom. The number of anilines is 1. The number of hydrogen-bond acceptors (Lipinski definition) is 4. The molecule has 18 heavy (non-hydrogen) atoms. The molecule has 0 aromatic heterocycles. The lowest BCUT2D eigenvalue weighted by Crippen LogP contribution is -2.24. The van der Waals surface area contributed by atoms with Gasteiger partial charge < -0.3 is 15.2 Å². The van der Waals surface area contributed by atoms with Crippen molar-refractivity contribution in [3.05, 3.63) is 28.2 Å². The Bertz CT molecular complexity index is 412. The van der Waals surface area contributed by atoms with Crippen molar-refractivity contribution in [1.29, 1.82) is 0 Å². The summed E-state index contributed by atoms with van der Waals surface area (Å²) in [6.45, 7) is 2.21. The number of aliphatic hydroxyl groups excluding tert-OH is 1. The number of carbonyl (C=O) groups is 1. The van der Waals surface area contributed by atoms with E-state index in [1.54, 1.807) is 25.1 Å². The molecule has 0 aliphatic heterocycles. The summed E-state index contributed by atoms with van der Waals surface area (Å²) in [5.74, 6) is -0.427. The van der Waals surface area contributed by atoms with Gasteiger partial charge in [-0.2, -0.15) is 0 Å². The van der Waals surface area contributed by atoms with E-state index in [-0.39, 0.29) is 13.0 Å². The second-order valence-corrected chi connectivity index (χ2v) is 4.51. The zero-order valence-electron chi connectivity index (χ0n) is 9.95. The number of nitrogens with one attached hydrogen (secondary N) is 1. The minimum Gasteiger partial charge on any atom is -0.466 e. The average Bonchev–Trinajstić information content (AvgIpc) is 2.30. The Morgan fingerprint density at radius 3 is 2.89 bits per heavy atom. The molecule has 4 nitrogen and oxygen atoms in total. The zero-order valence-corrected chi connectivity index (χ0v) is 11.5. The molecule has 0 bridgehead atoms. The third kappa shape index (κ3) is 5.12. The first-order chi connectivity index (χ1) is 8.52. The third-order valence-electron chi connectivity index (χ3n) is 2.16. The summed E-state index contributed by atoms with van der Waals surface area (Å²) in [7, 11) is 0. The van der Waals surface area contributed by atoms with Gasteiger partial charge in [-0.3, -0.25) is 4.79 Å². The largest absolute Gasteiger partial charge is 0.466 e. The molecule has 0 saturated heterocycles. The normalized spacial score (nSPS) is 12.0. The molecule has 0 aliphatic carbocycles. The molecular formula is C12H15Cl2NO3. The van der Waals surface area contributed by atoms with Gasteiger partial charge in [-0.1, -0.05) is 23.2 Å². The quantitative estimate of drug-likeness (QED) is 0.791. The van der Waals surface area contributed by atoms with Crippen LogP contribution in [0.1, 0.15) is 13.3 Å². The standard InChI is InChI=1S/C12H15Cl2NO3/c1-2-18-12(17)6-9(16)7-15-11-5-8(13)3-4-10(11)14/h3-5,9,15-16H,2,6-7H2,1H3. The fraction of sp³-hybridized carbons (Fsp3) is 0.417. The molecular weight excluding hydrogens is 277 g/mol.